The van der Waals surface area contributed by atoms with Gasteiger partial charge in [-0.1, -0.05) is 71.4 Å². The molecule has 0 saturated carbocycles. The van der Waals surface area contributed by atoms with Crippen molar-refractivity contribution in [1.29, 1.82) is 0 Å². The average Bonchev–Trinajstić information content (AvgIpc) is 3.50. The fourth-order valence-electron chi connectivity index (χ4n) is 5.84. The fraction of sp³-hybridized carbons (Fsp3) is 0.367. The van der Waals surface area contributed by atoms with Gasteiger partial charge in [-0.2, -0.15) is 13.2 Å². The fourth-order valence-corrected chi connectivity index (χ4v) is 6.33. The molecule has 3 aromatic rings. The lowest BCUT2D eigenvalue weighted by molar-refractivity contribution is -0.120. The van der Waals surface area contributed by atoms with Gasteiger partial charge in [0.1, 0.15) is 13.2 Å². The monoisotopic (exact) mass is 586 g/mol. The van der Waals surface area contributed by atoms with E-state index < -0.39 is 24.9 Å². The molecule has 200 valence electrons. The third kappa shape index (κ3) is 5.28. The smallest absolute Gasteiger partial charge is 0.409 e. The summed E-state index contributed by atoms with van der Waals surface area (Å²) >= 11 is 3.46. The molecule has 2 aliphatic rings. The lowest BCUT2D eigenvalue weighted by Crippen LogP contribution is -2.44. The maximum atomic E-state index is 13.7. The number of alkyl halides is 3. The number of hydrogen-bond acceptors (Lipinski definition) is 3. The lowest BCUT2D eigenvalue weighted by atomic mass is 9.98. The van der Waals surface area contributed by atoms with E-state index in [2.05, 4.69) is 40.2 Å². The molecule has 1 saturated heterocycles. The number of rotatable bonds is 6. The Morgan fingerprint density at radius 1 is 1.08 bits per heavy atom. The van der Waals surface area contributed by atoms with E-state index in [1.54, 1.807) is 6.07 Å². The number of hydrogen-bond donors (Lipinski definition) is 0. The van der Waals surface area contributed by atoms with Crippen molar-refractivity contribution in [2.45, 2.75) is 44.8 Å². The normalized spacial score (nSPS) is 16.9. The average molecular weight is 587 g/mol. The summed E-state index contributed by atoms with van der Waals surface area (Å²) < 4.78 is 47.6. The highest BCUT2D eigenvalue weighted by molar-refractivity contribution is 9.10. The molecule has 3 aromatic carbocycles. The topological polar surface area (TPSA) is 32.8 Å². The van der Waals surface area contributed by atoms with Gasteiger partial charge in [-0.25, -0.2) is 4.79 Å². The first kappa shape index (κ1) is 26.6. The number of aryl methyl sites for hydroxylation is 1. The summed E-state index contributed by atoms with van der Waals surface area (Å²) in [5.74, 6) is -0.0664. The summed E-state index contributed by atoms with van der Waals surface area (Å²) in [5, 5.41) is 0. The molecule has 0 N–H and O–H groups in total. The molecule has 38 heavy (non-hydrogen) atoms. The zero-order chi connectivity index (χ0) is 27.0. The van der Waals surface area contributed by atoms with Crippen LogP contribution in [0.1, 0.15) is 41.5 Å². The Labute approximate surface area is 229 Å². The molecular weight excluding hydrogens is 557 g/mol. The molecule has 4 nitrogen and oxygen atoms in total. The molecule has 5 rings (SSSR count). The summed E-state index contributed by atoms with van der Waals surface area (Å²) in [6.07, 6.45) is -3.71. The largest absolute Gasteiger partial charge is 0.448 e. The number of benzene rings is 3. The van der Waals surface area contributed by atoms with Gasteiger partial charge in [-0.3, -0.25) is 0 Å². The molecule has 1 aliphatic heterocycles. The molecule has 0 aromatic heterocycles. The number of anilines is 1. The van der Waals surface area contributed by atoms with Crippen molar-refractivity contribution in [3.63, 3.8) is 0 Å². The van der Waals surface area contributed by atoms with Crippen LogP contribution in [0.5, 0.6) is 0 Å². The van der Waals surface area contributed by atoms with Crippen LogP contribution in [-0.4, -0.2) is 49.5 Å². The number of halogens is 4. The van der Waals surface area contributed by atoms with Gasteiger partial charge < -0.3 is 14.5 Å². The maximum Gasteiger partial charge on any atom is 0.409 e. The van der Waals surface area contributed by atoms with Crippen molar-refractivity contribution in [3.05, 3.63) is 87.4 Å². The minimum absolute atomic E-state index is 0.0664. The predicted molar refractivity (Wildman–Crippen MR) is 147 cm³/mol. The van der Waals surface area contributed by atoms with Crippen molar-refractivity contribution in [1.82, 2.24) is 4.90 Å². The van der Waals surface area contributed by atoms with Crippen LogP contribution >= 0.6 is 15.9 Å². The minimum Gasteiger partial charge on any atom is -0.448 e. The minimum atomic E-state index is -4.38. The van der Waals surface area contributed by atoms with Crippen LogP contribution in [0.25, 0.3) is 11.1 Å². The molecule has 0 bridgehead atoms. The highest BCUT2D eigenvalue weighted by Crippen LogP contribution is 2.44. The standard InChI is InChI=1S/C30H30BrF3N2O2/c1-3-20-14-21(31)15-28(19(20)2)36(18-30(32,33)34)22-12-13-35(16-22)29(37)38-17-27-25-10-6-4-8-23(25)24-9-5-7-11-26(24)27/h4-11,14-15,22,27H,3,12-13,16-18H2,1-2H3. The maximum absolute atomic E-state index is 13.7. The number of amides is 1. The second-order valence-electron chi connectivity index (χ2n) is 10.00. The van der Waals surface area contributed by atoms with Gasteiger partial charge in [0.05, 0.1) is 0 Å². The van der Waals surface area contributed by atoms with Crippen LogP contribution in [0.2, 0.25) is 0 Å². The third-order valence-corrected chi connectivity index (χ3v) is 8.15. The van der Waals surface area contributed by atoms with E-state index in [0.29, 0.717) is 25.1 Å². The quantitative estimate of drug-likeness (QED) is 0.296. The third-order valence-electron chi connectivity index (χ3n) is 7.69. The summed E-state index contributed by atoms with van der Waals surface area (Å²) in [6, 6.07) is 19.4. The van der Waals surface area contributed by atoms with Crippen LogP contribution in [0.4, 0.5) is 23.7 Å². The van der Waals surface area contributed by atoms with Crippen LogP contribution in [0.15, 0.2) is 65.1 Å². The highest BCUT2D eigenvalue weighted by atomic mass is 79.9. The van der Waals surface area contributed by atoms with Crippen molar-refractivity contribution in [2.24, 2.45) is 0 Å². The Morgan fingerprint density at radius 3 is 2.32 bits per heavy atom. The van der Waals surface area contributed by atoms with E-state index in [1.807, 2.05) is 44.2 Å². The highest BCUT2D eigenvalue weighted by Gasteiger charge is 2.39. The molecular formula is C30H30BrF3N2O2. The number of carbonyl (C=O) groups excluding carboxylic acids is 1. The Kier molecular flexibility index (Phi) is 7.45. The first-order chi connectivity index (χ1) is 18.2. The molecule has 1 unspecified atom stereocenters. The molecule has 0 radical (unpaired) electrons. The van der Waals surface area contributed by atoms with Gasteiger partial charge in [0.25, 0.3) is 0 Å². The van der Waals surface area contributed by atoms with E-state index in [4.69, 9.17) is 4.74 Å². The van der Waals surface area contributed by atoms with Crippen molar-refractivity contribution in [2.75, 3.05) is 31.1 Å². The first-order valence-corrected chi connectivity index (χ1v) is 13.7. The number of ether oxygens (including phenoxy) is 1. The van der Waals surface area contributed by atoms with Gasteiger partial charge in [-0.05, 0) is 65.3 Å². The Hall–Kier alpha value is -3.00. The summed E-state index contributed by atoms with van der Waals surface area (Å²) in [4.78, 5) is 16.0. The van der Waals surface area contributed by atoms with E-state index in [-0.39, 0.29) is 19.1 Å². The van der Waals surface area contributed by atoms with E-state index in [9.17, 15) is 18.0 Å². The van der Waals surface area contributed by atoms with Crippen LogP contribution in [0.3, 0.4) is 0 Å². The molecule has 8 heteroatoms. The second kappa shape index (κ2) is 10.6. The Bertz CT molecular complexity index is 1300. The molecule has 0 spiro atoms. The Balaban J connectivity index is 1.31. The van der Waals surface area contributed by atoms with E-state index >= 15 is 0 Å². The van der Waals surface area contributed by atoms with Gasteiger partial charge in [0, 0.05) is 35.2 Å². The molecule has 1 fully saturated rings. The Morgan fingerprint density at radius 2 is 1.71 bits per heavy atom. The number of nitrogens with zero attached hydrogens (tertiary/aromatic N) is 2. The van der Waals surface area contributed by atoms with Crippen molar-refractivity contribution >= 4 is 27.7 Å². The number of fused-ring (bicyclic) bond motifs is 3. The summed E-state index contributed by atoms with van der Waals surface area (Å²) in [5.41, 5.74) is 6.90. The number of likely N-dealkylation sites (tertiary alicyclic amines) is 1. The predicted octanol–water partition coefficient (Wildman–Crippen LogP) is 7.71. The van der Waals surface area contributed by atoms with Crippen molar-refractivity contribution in [3.8, 4) is 11.1 Å². The molecule has 1 atom stereocenters. The van der Waals surface area contributed by atoms with Gasteiger partial charge in [0.15, 0.2) is 0 Å². The molecule has 1 amide bonds. The van der Waals surface area contributed by atoms with Gasteiger partial charge in [-0.15, -0.1) is 0 Å². The van der Waals surface area contributed by atoms with Gasteiger partial charge in [0.2, 0.25) is 0 Å². The zero-order valence-corrected chi connectivity index (χ0v) is 23.0. The van der Waals surface area contributed by atoms with Crippen LogP contribution in [0, 0.1) is 6.92 Å². The SMILES string of the molecule is CCc1cc(Br)cc(N(CC(F)(F)F)C2CCN(C(=O)OCC3c4ccccc4-c4ccccc43)C2)c1C. The molecule has 1 heterocycles. The summed E-state index contributed by atoms with van der Waals surface area (Å²) in [7, 11) is 0. The summed E-state index contributed by atoms with van der Waals surface area (Å²) in [6.45, 7) is 3.49. The van der Waals surface area contributed by atoms with Crippen LogP contribution < -0.4 is 4.90 Å². The number of carbonyl (C=O) groups is 1. The molecule has 1 aliphatic carbocycles. The van der Waals surface area contributed by atoms with Gasteiger partial charge >= 0.3 is 12.3 Å². The lowest BCUT2D eigenvalue weighted by Gasteiger charge is -2.34. The van der Waals surface area contributed by atoms with E-state index in [0.717, 1.165) is 37.9 Å². The second-order valence-corrected chi connectivity index (χ2v) is 10.9. The zero-order valence-electron chi connectivity index (χ0n) is 21.4. The van der Waals surface area contributed by atoms with Crippen LogP contribution in [-0.2, 0) is 11.2 Å². The first-order valence-electron chi connectivity index (χ1n) is 12.9. The van der Waals surface area contributed by atoms with E-state index in [1.165, 1.54) is 9.80 Å². The van der Waals surface area contributed by atoms with Crippen molar-refractivity contribution < 1.29 is 22.7 Å².